The summed E-state index contributed by atoms with van der Waals surface area (Å²) in [5.41, 5.74) is 4.41. The van der Waals surface area contributed by atoms with E-state index in [1.807, 2.05) is 20.9 Å². The molecule has 0 unspecified atom stereocenters. The van der Waals surface area contributed by atoms with Crippen LogP contribution in [-0.2, 0) is 9.53 Å². The summed E-state index contributed by atoms with van der Waals surface area (Å²) >= 11 is 0. The topological polar surface area (TPSA) is 41.6 Å². The molecule has 0 bridgehead atoms. The molecule has 0 saturated carbocycles. The Kier molecular flexibility index (Phi) is 5.37. The highest BCUT2D eigenvalue weighted by Crippen LogP contribution is 2.22. The van der Waals surface area contributed by atoms with Gasteiger partial charge in [0.05, 0.1) is 13.2 Å². The van der Waals surface area contributed by atoms with Gasteiger partial charge in [0.15, 0.2) is 0 Å². The second-order valence-electron chi connectivity index (χ2n) is 6.25. The zero-order chi connectivity index (χ0) is 15.4. The maximum atomic E-state index is 12.2. The Morgan fingerprint density at radius 1 is 1.33 bits per heavy atom. The first-order valence-electron chi connectivity index (χ1n) is 7.59. The van der Waals surface area contributed by atoms with Crippen molar-refractivity contribution in [2.45, 2.75) is 27.2 Å². The lowest BCUT2D eigenvalue weighted by Gasteiger charge is -2.20. The first kappa shape index (κ1) is 16.0. The van der Waals surface area contributed by atoms with Gasteiger partial charge in [0.25, 0.3) is 0 Å². The number of hydrogen-bond donors (Lipinski definition) is 1. The molecule has 1 aliphatic heterocycles. The number of hydrogen-bond acceptors (Lipinski definition) is 3. The molecule has 1 fully saturated rings. The van der Waals surface area contributed by atoms with Crippen LogP contribution in [-0.4, -0.2) is 44.2 Å². The minimum absolute atomic E-state index is 0.0477. The number of aryl methyl sites for hydroxylation is 3. The Morgan fingerprint density at radius 3 is 2.57 bits per heavy atom. The maximum Gasteiger partial charge on any atom is 0.238 e. The number of nitrogens with one attached hydrogen (secondary N) is 1. The first-order valence-corrected chi connectivity index (χ1v) is 7.59. The van der Waals surface area contributed by atoms with Gasteiger partial charge in [0, 0.05) is 18.8 Å². The van der Waals surface area contributed by atoms with Crippen molar-refractivity contribution in [2.75, 3.05) is 38.7 Å². The minimum Gasteiger partial charge on any atom is -0.381 e. The van der Waals surface area contributed by atoms with Crippen LogP contribution in [0, 0.1) is 26.7 Å². The standard InChI is InChI=1S/C17H26N2O2/c1-12-7-13(2)17(14(3)8-12)18-16(20)10-19(4)9-15-5-6-21-11-15/h7-8,15H,5-6,9-11H2,1-4H3,(H,18,20)/t15-/m1/s1. The summed E-state index contributed by atoms with van der Waals surface area (Å²) in [4.78, 5) is 14.3. The second-order valence-corrected chi connectivity index (χ2v) is 6.25. The average Bonchev–Trinajstić information content (AvgIpc) is 2.86. The molecule has 0 radical (unpaired) electrons. The lowest BCUT2D eigenvalue weighted by atomic mass is 10.1. The second kappa shape index (κ2) is 7.05. The summed E-state index contributed by atoms with van der Waals surface area (Å²) in [6.45, 7) is 9.16. The van der Waals surface area contributed by atoms with Gasteiger partial charge >= 0.3 is 0 Å². The van der Waals surface area contributed by atoms with Crippen molar-refractivity contribution in [1.82, 2.24) is 4.90 Å². The Labute approximate surface area is 127 Å². The fraction of sp³-hybridized carbons (Fsp3) is 0.588. The molecule has 21 heavy (non-hydrogen) atoms. The Hall–Kier alpha value is -1.39. The molecule has 0 aromatic heterocycles. The van der Waals surface area contributed by atoms with E-state index >= 15 is 0 Å². The van der Waals surface area contributed by atoms with Crippen LogP contribution in [0.4, 0.5) is 5.69 Å². The fourth-order valence-corrected chi connectivity index (χ4v) is 3.03. The molecule has 1 amide bonds. The molecule has 1 aromatic rings. The number of benzene rings is 1. The normalized spacial score (nSPS) is 18.2. The molecule has 2 rings (SSSR count). The number of ether oxygens (including phenoxy) is 1. The molecular weight excluding hydrogens is 264 g/mol. The van der Waals surface area contributed by atoms with E-state index in [1.54, 1.807) is 0 Å². The molecule has 1 saturated heterocycles. The van der Waals surface area contributed by atoms with Crippen LogP contribution in [0.2, 0.25) is 0 Å². The first-order chi connectivity index (χ1) is 9.95. The third-order valence-corrected chi connectivity index (χ3v) is 3.95. The van der Waals surface area contributed by atoms with E-state index in [1.165, 1.54) is 5.56 Å². The van der Waals surface area contributed by atoms with Gasteiger partial charge in [-0.1, -0.05) is 17.7 Å². The summed E-state index contributed by atoms with van der Waals surface area (Å²) in [6.07, 6.45) is 1.10. The summed E-state index contributed by atoms with van der Waals surface area (Å²) in [7, 11) is 1.99. The van der Waals surface area contributed by atoms with Gasteiger partial charge < -0.3 is 10.1 Å². The smallest absolute Gasteiger partial charge is 0.238 e. The van der Waals surface area contributed by atoms with Gasteiger partial charge in [-0.3, -0.25) is 9.69 Å². The highest BCUT2D eigenvalue weighted by Gasteiger charge is 2.19. The van der Waals surface area contributed by atoms with E-state index in [2.05, 4.69) is 29.3 Å². The maximum absolute atomic E-state index is 12.2. The Balaban J connectivity index is 1.89. The van der Waals surface area contributed by atoms with Crippen LogP contribution in [0.3, 0.4) is 0 Å². The van der Waals surface area contributed by atoms with Crippen molar-refractivity contribution < 1.29 is 9.53 Å². The van der Waals surface area contributed by atoms with Gasteiger partial charge in [-0.2, -0.15) is 0 Å². The van der Waals surface area contributed by atoms with Crippen molar-refractivity contribution in [3.8, 4) is 0 Å². The van der Waals surface area contributed by atoms with Crippen molar-refractivity contribution in [2.24, 2.45) is 5.92 Å². The van der Waals surface area contributed by atoms with Crippen LogP contribution in [0.25, 0.3) is 0 Å². The molecule has 1 aliphatic rings. The van der Waals surface area contributed by atoms with Crippen molar-refractivity contribution in [3.05, 3.63) is 28.8 Å². The van der Waals surface area contributed by atoms with Gasteiger partial charge in [0.1, 0.15) is 0 Å². The quantitative estimate of drug-likeness (QED) is 0.906. The molecule has 0 aliphatic carbocycles. The molecule has 1 N–H and O–H groups in total. The van der Waals surface area contributed by atoms with Gasteiger partial charge in [-0.25, -0.2) is 0 Å². The molecule has 0 spiro atoms. The predicted molar refractivity (Wildman–Crippen MR) is 85.7 cm³/mol. The van der Waals surface area contributed by atoms with Crippen LogP contribution in [0.5, 0.6) is 0 Å². The van der Waals surface area contributed by atoms with Gasteiger partial charge in [-0.05, 0) is 51.3 Å². The zero-order valence-corrected chi connectivity index (χ0v) is 13.5. The van der Waals surface area contributed by atoms with E-state index in [0.29, 0.717) is 12.5 Å². The number of amides is 1. The average molecular weight is 290 g/mol. The van der Waals surface area contributed by atoms with Crippen LogP contribution in [0.1, 0.15) is 23.1 Å². The molecule has 1 aromatic carbocycles. The summed E-state index contributed by atoms with van der Waals surface area (Å²) in [5, 5.41) is 3.05. The number of rotatable bonds is 5. The van der Waals surface area contributed by atoms with Crippen molar-refractivity contribution in [3.63, 3.8) is 0 Å². The largest absolute Gasteiger partial charge is 0.381 e. The monoisotopic (exact) mass is 290 g/mol. The van der Waals surface area contributed by atoms with E-state index < -0.39 is 0 Å². The molecule has 1 atom stereocenters. The van der Waals surface area contributed by atoms with Crippen molar-refractivity contribution >= 4 is 11.6 Å². The lowest BCUT2D eigenvalue weighted by molar-refractivity contribution is -0.117. The van der Waals surface area contributed by atoms with E-state index in [4.69, 9.17) is 4.74 Å². The molecule has 4 heteroatoms. The summed E-state index contributed by atoms with van der Waals surface area (Å²) in [6, 6.07) is 4.20. The third-order valence-electron chi connectivity index (χ3n) is 3.95. The number of anilines is 1. The highest BCUT2D eigenvalue weighted by atomic mass is 16.5. The Bertz CT molecular complexity index is 485. The zero-order valence-electron chi connectivity index (χ0n) is 13.5. The number of carbonyl (C=O) groups is 1. The number of nitrogens with zero attached hydrogens (tertiary/aromatic N) is 1. The fourth-order valence-electron chi connectivity index (χ4n) is 3.03. The van der Waals surface area contributed by atoms with E-state index in [-0.39, 0.29) is 5.91 Å². The number of likely N-dealkylation sites (N-methyl/N-ethyl adjacent to an activating group) is 1. The molecular formula is C17H26N2O2. The Morgan fingerprint density at radius 2 is 2.00 bits per heavy atom. The van der Waals surface area contributed by atoms with Gasteiger partial charge in [0.2, 0.25) is 5.91 Å². The van der Waals surface area contributed by atoms with E-state index in [0.717, 1.165) is 43.0 Å². The predicted octanol–water partition coefficient (Wildman–Crippen LogP) is 2.52. The third kappa shape index (κ3) is 4.55. The lowest BCUT2D eigenvalue weighted by Crippen LogP contribution is -2.34. The molecule has 116 valence electrons. The van der Waals surface area contributed by atoms with Gasteiger partial charge in [-0.15, -0.1) is 0 Å². The SMILES string of the molecule is Cc1cc(C)c(NC(=O)CN(C)C[C@H]2CCOC2)c(C)c1. The van der Waals surface area contributed by atoms with Crippen molar-refractivity contribution in [1.29, 1.82) is 0 Å². The summed E-state index contributed by atoms with van der Waals surface area (Å²) < 4.78 is 5.37. The van der Waals surface area contributed by atoms with Crippen LogP contribution < -0.4 is 5.32 Å². The molecule has 4 nitrogen and oxygen atoms in total. The van der Waals surface area contributed by atoms with Crippen LogP contribution >= 0.6 is 0 Å². The highest BCUT2D eigenvalue weighted by molar-refractivity contribution is 5.93. The van der Waals surface area contributed by atoms with Crippen LogP contribution in [0.15, 0.2) is 12.1 Å². The molecule has 1 heterocycles. The van der Waals surface area contributed by atoms with E-state index in [9.17, 15) is 4.79 Å². The summed E-state index contributed by atoms with van der Waals surface area (Å²) in [5.74, 6) is 0.608. The number of carbonyl (C=O) groups excluding carboxylic acids is 1. The minimum atomic E-state index is 0.0477.